The quantitative estimate of drug-likeness (QED) is 0.745. The van der Waals surface area contributed by atoms with E-state index in [-0.39, 0.29) is 30.0 Å². The lowest BCUT2D eigenvalue weighted by molar-refractivity contribution is -0.140. The van der Waals surface area contributed by atoms with E-state index in [9.17, 15) is 9.90 Å². The number of nitrogens with zero attached hydrogens (tertiary/aromatic N) is 1. The molecule has 2 fully saturated rings. The summed E-state index contributed by atoms with van der Waals surface area (Å²) < 4.78 is 5.37. The molecule has 0 radical (unpaired) electrons. The van der Waals surface area contributed by atoms with Crippen LogP contribution in [0, 0.1) is 5.92 Å². The minimum atomic E-state index is -0.372. The van der Waals surface area contributed by atoms with Gasteiger partial charge in [-0.2, -0.15) is 0 Å². The van der Waals surface area contributed by atoms with Crippen LogP contribution >= 0.6 is 0 Å². The second-order valence-corrected chi connectivity index (χ2v) is 5.41. The van der Waals surface area contributed by atoms with E-state index >= 15 is 0 Å². The summed E-state index contributed by atoms with van der Waals surface area (Å²) in [7, 11) is 3.67. The zero-order valence-electron chi connectivity index (χ0n) is 11.3. The molecule has 1 aliphatic carbocycles. The van der Waals surface area contributed by atoms with Crippen molar-refractivity contribution < 1.29 is 14.6 Å². The average molecular weight is 256 g/mol. The molecule has 2 rings (SSSR count). The Morgan fingerprint density at radius 2 is 2.06 bits per heavy atom. The molecule has 1 amide bonds. The summed E-state index contributed by atoms with van der Waals surface area (Å²) in [5.74, 6) is -0.0214. The molecule has 0 aromatic rings. The first-order valence-electron chi connectivity index (χ1n) is 6.85. The van der Waals surface area contributed by atoms with E-state index < -0.39 is 0 Å². The summed E-state index contributed by atoms with van der Waals surface area (Å²) in [5.41, 5.74) is 0. The Bertz CT molecular complexity index is 298. The summed E-state index contributed by atoms with van der Waals surface area (Å²) in [4.78, 5) is 14.2. The number of carbonyl (C=O) groups excluding carboxylic acids is 1. The van der Waals surface area contributed by atoms with Crippen LogP contribution in [0.15, 0.2) is 0 Å². The number of aliphatic hydroxyl groups excluding tert-OH is 1. The summed E-state index contributed by atoms with van der Waals surface area (Å²) in [6, 6.07) is 0.0741. The van der Waals surface area contributed by atoms with Crippen LogP contribution < -0.4 is 5.32 Å². The Balaban J connectivity index is 1.99. The van der Waals surface area contributed by atoms with Crippen molar-refractivity contribution in [1.29, 1.82) is 0 Å². The van der Waals surface area contributed by atoms with Crippen LogP contribution in [0.3, 0.4) is 0 Å². The highest BCUT2D eigenvalue weighted by Gasteiger charge is 2.38. The van der Waals surface area contributed by atoms with Crippen molar-refractivity contribution in [2.24, 2.45) is 5.92 Å². The van der Waals surface area contributed by atoms with Gasteiger partial charge >= 0.3 is 0 Å². The number of hydrogen-bond donors (Lipinski definition) is 2. The van der Waals surface area contributed by atoms with Gasteiger partial charge in [-0.15, -0.1) is 0 Å². The molecule has 1 aliphatic heterocycles. The molecule has 1 heterocycles. The van der Waals surface area contributed by atoms with E-state index in [0.717, 1.165) is 25.7 Å². The van der Waals surface area contributed by atoms with Crippen molar-refractivity contribution in [1.82, 2.24) is 10.2 Å². The zero-order chi connectivity index (χ0) is 13.1. The summed E-state index contributed by atoms with van der Waals surface area (Å²) in [5, 5.41) is 13.1. The van der Waals surface area contributed by atoms with E-state index in [1.165, 1.54) is 0 Å². The standard InChI is InChI=1S/C13H24N2O3/c1-14-10-8-18-7-9(10)13(17)15(2)11-5-3-4-6-12(11)16/h9-12,14,16H,3-8H2,1-2H3. The third-order valence-corrected chi connectivity index (χ3v) is 4.31. The lowest BCUT2D eigenvalue weighted by atomic mass is 9.90. The summed E-state index contributed by atoms with van der Waals surface area (Å²) >= 11 is 0. The molecule has 1 saturated carbocycles. The fourth-order valence-corrected chi connectivity index (χ4v) is 3.05. The van der Waals surface area contributed by atoms with E-state index in [1.54, 1.807) is 4.90 Å². The van der Waals surface area contributed by atoms with Crippen LogP contribution in [0.1, 0.15) is 25.7 Å². The van der Waals surface area contributed by atoms with Gasteiger partial charge in [0, 0.05) is 13.1 Å². The maximum absolute atomic E-state index is 12.5. The van der Waals surface area contributed by atoms with Gasteiger partial charge in [-0.05, 0) is 19.9 Å². The molecular formula is C13H24N2O3. The van der Waals surface area contributed by atoms with E-state index in [1.807, 2.05) is 14.1 Å². The predicted octanol–water partition coefficient (Wildman–Crippen LogP) is -0.0173. The van der Waals surface area contributed by atoms with Crippen molar-refractivity contribution in [3.05, 3.63) is 0 Å². The number of ether oxygens (including phenoxy) is 1. The lowest BCUT2D eigenvalue weighted by Gasteiger charge is -2.37. The fourth-order valence-electron chi connectivity index (χ4n) is 3.05. The van der Waals surface area contributed by atoms with Crippen LogP contribution in [-0.2, 0) is 9.53 Å². The summed E-state index contributed by atoms with van der Waals surface area (Å²) in [6.07, 6.45) is 3.49. The minimum absolute atomic E-state index is 0.0237. The minimum Gasteiger partial charge on any atom is -0.391 e. The van der Waals surface area contributed by atoms with Gasteiger partial charge in [0.2, 0.25) is 5.91 Å². The Kier molecular flexibility index (Phi) is 4.59. The van der Waals surface area contributed by atoms with Crippen molar-refractivity contribution in [3.8, 4) is 0 Å². The molecule has 0 aromatic carbocycles. The largest absolute Gasteiger partial charge is 0.391 e. The van der Waals surface area contributed by atoms with Crippen molar-refractivity contribution in [3.63, 3.8) is 0 Å². The molecule has 2 N–H and O–H groups in total. The van der Waals surface area contributed by atoms with Gasteiger partial charge in [-0.25, -0.2) is 0 Å². The third-order valence-electron chi connectivity index (χ3n) is 4.31. The van der Waals surface area contributed by atoms with Crippen molar-refractivity contribution in [2.45, 2.75) is 43.9 Å². The monoisotopic (exact) mass is 256 g/mol. The first-order valence-corrected chi connectivity index (χ1v) is 6.85. The molecule has 2 aliphatic rings. The number of rotatable bonds is 3. The van der Waals surface area contributed by atoms with Gasteiger partial charge in [0.05, 0.1) is 31.3 Å². The molecular weight excluding hydrogens is 232 g/mol. The van der Waals surface area contributed by atoms with Gasteiger partial charge in [0.1, 0.15) is 0 Å². The number of amides is 1. The number of aliphatic hydroxyl groups is 1. The highest BCUT2D eigenvalue weighted by molar-refractivity contribution is 5.80. The molecule has 0 aromatic heterocycles. The third kappa shape index (κ3) is 2.68. The fraction of sp³-hybridized carbons (Fsp3) is 0.923. The maximum Gasteiger partial charge on any atom is 0.229 e. The van der Waals surface area contributed by atoms with Gasteiger partial charge in [-0.3, -0.25) is 4.79 Å². The van der Waals surface area contributed by atoms with Crippen LogP contribution in [0.25, 0.3) is 0 Å². The normalized spacial score (nSPS) is 36.6. The Morgan fingerprint density at radius 3 is 2.72 bits per heavy atom. The van der Waals surface area contributed by atoms with Gasteiger partial charge in [0.15, 0.2) is 0 Å². The van der Waals surface area contributed by atoms with Gasteiger partial charge < -0.3 is 20.1 Å². The highest BCUT2D eigenvalue weighted by Crippen LogP contribution is 2.25. The SMILES string of the molecule is CNC1COCC1C(=O)N(C)C1CCCCC1O. The lowest BCUT2D eigenvalue weighted by Crippen LogP contribution is -2.51. The molecule has 104 valence electrons. The number of hydrogen-bond acceptors (Lipinski definition) is 4. The molecule has 1 saturated heterocycles. The number of nitrogens with one attached hydrogen (secondary N) is 1. The van der Waals surface area contributed by atoms with E-state index in [4.69, 9.17) is 4.74 Å². The summed E-state index contributed by atoms with van der Waals surface area (Å²) in [6.45, 7) is 1.07. The predicted molar refractivity (Wildman–Crippen MR) is 68.2 cm³/mol. The smallest absolute Gasteiger partial charge is 0.229 e. The second-order valence-electron chi connectivity index (χ2n) is 5.41. The molecule has 5 nitrogen and oxygen atoms in total. The molecule has 4 atom stereocenters. The molecule has 0 bridgehead atoms. The van der Waals surface area contributed by atoms with Crippen molar-refractivity contribution >= 4 is 5.91 Å². The number of carbonyl (C=O) groups is 1. The van der Waals surface area contributed by atoms with Crippen LogP contribution in [0.2, 0.25) is 0 Å². The second kappa shape index (κ2) is 5.99. The van der Waals surface area contributed by atoms with Crippen LogP contribution in [0.4, 0.5) is 0 Å². The molecule has 18 heavy (non-hydrogen) atoms. The topological polar surface area (TPSA) is 61.8 Å². The molecule has 0 spiro atoms. The first-order chi connectivity index (χ1) is 8.65. The van der Waals surface area contributed by atoms with Gasteiger partial charge in [0.25, 0.3) is 0 Å². The molecule has 5 heteroatoms. The Morgan fingerprint density at radius 1 is 1.33 bits per heavy atom. The van der Waals surface area contributed by atoms with Crippen LogP contribution in [-0.4, -0.2) is 61.4 Å². The Labute approximate surface area is 108 Å². The Hall–Kier alpha value is -0.650. The van der Waals surface area contributed by atoms with E-state index in [0.29, 0.717) is 13.2 Å². The highest BCUT2D eigenvalue weighted by atomic mass is 16.5. The molecule has 4 unspecified atom stereocenters. The number of likely N-dealkylation sites (N-methyl/N-ethyl adjacent to an activating group) is 2. The van der Waals surface area contributed by atoms with Crippen molar-refractivity contribution in [2.75, 3.05) is 27.3 Å². The average Bonchev–Trinajstić information content (AvgIpc) is 2.86. The van der Waals surface area contributed by atoms with Crippen LogP contribution in [0.5, 0.6) is 0 Å². The van der Waals surface area contributed by atoms with E-state index in [2.05, 4.69) is 5.32 Å². The zero-order valence-corrected chi connectivity index (χ0v) is 11.3. The first kappa shape index (κ1) is 13.8. The maximum atomic E-state index is 12.5. The van der Waals surface area contributed by atoms with Gasteiger partial charge in [-0.1, -0.05) is 12.8 Å².